The second-order valence-electron chi connectivity index (χ2n) is 5.99. The average Bonchev–Trinajstić information content (AvgIpc) is 2.49. The average molecular weight is 284 g/mol. The van der Waals surface area contributed by atoms with E-state index in [4.69, 9.17) is 0 Å². The van der Waals surface area contributed by atoms with Crippen molar-refractivity contribution in [1.82, 2.24) is 4.57 Å². The third kappa shape index (κ3) is 2.06. The van der Waals surface area contributed by atoms with E-state index in [-0.39, 0.29) is 11.4 Å². The van der Waals surface area contributed by atoms with Crippen molar-refractivity contribution in [3.63, 3.8) is 0 Å². The molecule has 1 aromatic carbocycles. The monoisotopic (exact) mass is 284 g/mol. The van der Waals surface area contributed by atoms with Gasteiger partial charge < -0.3 is 4.90 Å². The zero-order chi connectivity index (χ0) is 14.4. The Bertz CT molecular complexity index is 753. The number of anilines is 1. The molecule has 1 unspecified atom stereocenters. The third-order valence-corrected chi connectivity index (χ3v) is 4.57. The molecule has 0 aliphatic carbocycles. The lowest BCUT2D eigenvalue weighted by atomic mass is 9.95. The summed E-state index contributed by atoms with van der Waals surface area (Å²) in [5, 5.41) is 0. The maximum absolute atomic E-state index is 13.4. The van der Waals surface area contributed by atoms with Crippen LogP contribution in [0, 0.1) is 11.7 Å². The Morgan fingerprint density at radius 2 is 2.05 bits per heavy atom. The van der Waals surface area contributed by atoms with Crippen LogP contribution in [0.3, 0.4) is 0 Å². The van der Waals surface area contributed by atoms with Crippen LogP contribution in [0.5, 0.6) is 0 Å². The minimum absolute atomic E-state index is 0.00491. The van der Waals surface area contributed by atoms with Crippen LogP contribution >= 0.6 is 0 Å². The lowest BCUT2D eigenvalue weighted by molar-refractivity contribution is 0.329. The van der Waals surface area contributed by atoms with Gasteiger partial charge in [-0.15, -0.1) is 0 Å². The predicted octanol–water partition coefficient (Wildman–Crippen LogP) is 2.88. The van der Waals surface area contributed by atoms with Gasteiger partial charge in [-0.2, -0.15) is 0 Å². The summed E-state index contributed by atoms with van der Waals surface area (Å²) < 4.78 is 15.3. The van der Waals surface area contributed by atoms with E-state index >= 15 is 0 Å². The Hall–Kier alpha value is -2.10. The smallest absolute Gasteiger partial charge is 0.259 e. The normalized spacial score (nSPS) is 20.2. The number of rotatable bonds is 1. The molecule has 1 aromatic heterocycles. The first-order chi connectivity index (χ1) is 10.2. The summed E-state index contributed by atoms with van der Waals surface area (Å²) in [5.74, 6) is 1.26. The van der Waals surface area contributed by atoms with Crippen molar-refractivity contribution in [3.8, 4) is 11.1 Å². The largest absolute Gasteiger partial charge is 0.358 e. The molecule has 4 heteroatoms. The van der Waals surface area contributed by atoms with Crippen LogP contribution in [0.4, 0.5) is 10.2 Å². The van der Waals surface area contributed by atoms with E-state index in [2.05, 4.69) is 4.90 Å². The Morgan fingerprint density at radius 3 is 2.90 bits per heavy atom. The van der Waals surface area contributed by atoms with Crippen molar-refractivity contribution in [2.24, 2.45) is 5.92 Å². The van der Waals surface area contributed by atoms with E-state index in [0.717, 1.165) is 25.5 Å². The minimum atomic E-state index is -0.310. The topological polar surface area (TPSA) is 25.2 Å². The Kier molecular flexibility index (Phi) is 2.84. The van der Waals surface area contributed by atoms with Crippen molar-refractivity contribution in [3.05, 3.63) is 52.6 Å². The Morgan fingerprint density at radius 1 is 1.14 bits per heavy atom. The lowest BCUT2D eigenvalue weighted by Gasteiger charge is -2.41. The summed E-state index contributed by atoms with van der Waals surface area (Å²) in [7, 11) is 0. The quantitative estimate of drug-likeness (QED) is 0.804. The number of benzene rings is 1. The SMILES string of the molecule is O=c1c(-c2cccc(F)c2)ccc2n1CC1CCCN2C1. The van der Waals surface area contributed by atoms with Gasteiger partial charge in [0.15, 0.2) is 0 Å². The number of aromatic nitrogens is 1. The van der Waals surface area contributed by atoms with Crippen LogP contribution in [-0.2, 0) is 6.54 Å². The fourth-order valence-corrected chi connectivity index (χ4v) is 3.58. The molecule has 2 aromatic rings. The van der Waals surface area contributed by atoms with E-state index in [1.807, 2.05) is 16.7 Å². The fraction of sp³-hybridized carbons (Fsp3) is 0.353. The number of fused-ring (bicyclic) bond motifs is 4. The molecule has 1 fully saturated rings. The van der Waals surface area contributed by atoms with Crippen LogP contribution in [0.1, 0.15) is 12.8 Å². The highest BCUT2D eigenvalue weighted by atomic mass is 19.1. The third-order valence-electron chi connectivity index (χ3n) is 4.57. The van der Waals surface area contributed by atoms with Gasteiger partial charge in [0, 0.05) is 25.2 Å². The number of hydrogen-bond donors (Lipinski definition) is 0. The molecule has 3 nitrogen and oxygen atoms in total. The summed E-state index contributed by atoms with van der Waals surface area (Å²) in [5.41, 5.74) is 1.23. The molecular formula is C17H17FN2O. The van der Waals surface area contributed by atoms with Crippen molar-refractivity contribution in [2.45, 2.75) is 19.4 Å². The summed E-state index contributed by atoms with van der Waals surface area (Å²) in [6, 6.07) is 10.1. The molecule has 0 amide bonds. The van der Waals surface area contributed by atoms with Crippen molar-refractivity contribution >= 4 is 5.82 Å². The first-order valence-electron chi connectivity index (χ1n) is 7.47. The van der Waals surface area contributed by atoms with Crippen LogP contribution < -0.4 is 10.5 Å². The van der Waals surface area contributed by atoms with E-state index in [1.54, 1.807) is 12.1 Å². The predicted molar refractivity (Wildman–Crippen MR) is 81.0 cm³/mol. The molecule has 3 heterocycles. The maximum Gasteiger partial charge on any atom is 0.259 e. The molecule has 2 aliphatic heterocycles. The van der Waals surface area contributed by atoms with Gasteiger partial charge >= 0.3 is 0 Å². The van der Waals surface area contributed by atoms with Crippen LogP contribution in [0.25, 0.3) is 11.1 Å². The van der Waals surface area contributed by atoms with E-state index in [1.165, 1.54) is 25.0 Å². The fourth-order valence-electron chi connectivity index (χ4n) is 3.58. The van der Waals surface area contributed by atoms with Crippen LogP contribution in [-0.4, -0.2) is 17.7 Å². The second-order valence-corrected chi connectivity index (χ2v) is 5.99. The highest BCUT2D eigenvalue weighted by molar-refractivity contribution is 5.64. The minimum Gasteiger partial charge on any atom is -0.358 e. The van der Waals surface area contributed by atoms with Crippen molar-refractivity contribution in [1.29, 1.82) is 0 Å². The van der Waals surface area contributed by atoms with Gasteiger partial charge in [-0.1, -0.05) is 12.1 Å². The molecule has 0 N–H and O–H groups in total. The zero-order valence-corrected chi connectivity index (χ0v) is 11.8. The molecule has 2 aliphatic rings. The van der Waals surface area contributed by atoms with Gasteiger partial charge in [0.2, 0.25) is 0 Å². The Labute approximate surface area is 122 Å². The number of halogens is 1. The van der Waals surface area contributed by atoms with Crippen LogP contribution in [0.2, 0.25) is 0 Å². The number of pyridine rings is 1. The molecular weight excluding hydrogens is 267 g/mol. The molecule has 0 spiro atoms. The summed E-state index contributed by atoms with van der Waals surface area (Å²) >= 11 is 0. The lowest BCUT2D eigenvalue weighted by Crippen LogP contribution is -2.46. The van der Waals surface area contributed by atoms with E-state index in [9.17, 15) is 9.18 Å². The molecule has 0 saturated carbocycles. The second kappa shape index (κ2) is 4.72. The van der Waals surface area contributed by atoms with Crippen molar-refractivity contribution in [2.75, 3.05) is 18.0 Å². The standard InChI is InChI=1S/C17H17FN2O/c18-14-5-1-4-13(9-14)15-6-7-16-19-8-2-3-12(10-19)11-20(16)17(15)21/h1,4-7,9,12H,2-3,8,10-11H2. The van der Waals surface area contributed by atoms with E-state index in [0.29, 0.717) is 17.0 Å². The first-order valence-corrected chi connectivity index (χ1v) is 7.47. The van der Waals surface area contributed by atoms with Crippen LogP contribution in [0.15, 0.2) is 41.2 Å². The summed E-state index contributed by atoms with van der Waals surface area (Å²) in [6.07, 6.45) is 2.39. The molecule has 0 radical (unpaired) electrons. The van der Waals surface area contributed by atoms with Gasteiger partial charge in [-0.25, -0.2) is 4.39 Å². The highest BCUT2D eigenvalue weighted by Gasteiger charge is 2.28. The number of piperidine rings is 1. The van der Waals surface area contributed by atoms with Crippen molar-refractivity contribution < 1.29 is 4.39 Å². The molecule has 1 saturated heterocycles. The summed E-state index contributed by atoms with van der Waals surface area (Å²) in [6.45, 7) is 2.86. The van der Waals surface area contributed by atoms with Gasteiger partial charge in [0.05, 0.1) is 0 Å². The molecule has 108 valence electrons. The molecule has 1 atom stereocenters. The van der Waals surface area contributed by atoms with Gasteiger partial charge in [0.1, 0.15) is 11.6 Å². The highest BCUT2D eigenvalue weighted by Crippen LogP contribution is 2.30. The van der Waals surface area contributed by atoms with Gasteiger partial charge in [-0.3, -0.25) is 9.36 Å². The van der Waals surface area contributed by atoms with Gasteiger partial charge in [-0.05, 0) is 48.6 Å². The number of hydrogen-bond acceptors (Lipinski definition) is 2. The maximum atomic E-state index is 13.4. The molecule has 4 rings (SSSR count). The molecule has 2 bridgehead atoms. The summed E-state index contributed by atoms with van der Waals surface area (Å²) in [4.78, 5) is 15.1. The molecule has 21 heavy (non-hydrogen) atoms. The number of nitrogens with zero attached hydrogens (tertiary/aromatic N) is 2. The van der Waals surface area contributed by atoms with Gasteiger partial charge in [0.25, 0.3) is 5.56 Å². The zero-order valence-electron chi connectivity index (χ0n) is 11.8. The first kappa shape index (κ1) is 12.6. The van der Waals surface area contributed by atoms with E-state index < -0.39 is 0 Å². The Balaban J connectivity index is 1.86.